The molecule has 25 heavy (non-hydrogen) atoms. The summed E-state index contributed by atoms with van der Waals surface area (Å²) in [4.78, 5) is 18.6. The summed E-state index contributed by atoms with van der Waals surface area (Å²) in [6, 6.07) is 9.50. The Kier molecular flexibility index (Phi) is 4.31. The monoisotopic (exact) mass is 345 g/mol. The molecular weight excluding hydrogens is 331 g/mol. The third-order valence-electron chi connectivity index (χ3n) is 3.65. The Morgan fingerprint density at radius 2 is 2.00 bits per heavy atom. The van der Waals surface area contributed by atoms with Gasteiger partial charge in [0.05, 0.1) is 0 Å². The number of amides is 1. The van der Waals surface area contributed by atoms with Crippen LogP contribution in [-0.2, 0) is 11.0 Å². The SMILES string of the molecule is Cc1nc(C(F)(F)F)ccc1C=CC(=O)Nc1ccc2[nH]ccc2c1. The van der Waals surface area contributed by atoms with E-state index in [0.717, 1.165) is 17.0 Å². The Labute approximate surface area is 141 Å². The lowest BCUT2D eigenvalue weighted by Crippen LogP contribution is -2.09. The molecule has 2 heterocycles. The molecule has 0 aliphatic rings. The first kappa shape index (κ1) is 16.8. The summed E-state index contributed by atoms with van der Waals surface area (Å²) >= 11 is 0. The van der Waals surface area contributed by atoms with Gasteiger partial charge in [0.1, 0.15) is 5.69 Å². The van der Waals surface area contributed by atoms with E-state index in [2.05, 4.69) is 15.3 Å². The van der Waals surface area contributed by atoms with Crippen LogP contribution in [0.1, 0.15) is 17.0 Å². The molecule has 1 amide bonds. The van der Waals surface area contributed by atoms with Crippen molar-refractivity contribution in [3.05, 3.63) is 65.6 Å². The predicted molar refractivity (Wildman–Crippen MR) is 89.9 cm³/mol. The summed E-state index contributed by atoms with van der Waals surface area (Å²) in [6.45, 7) is 1.46. The maximum absolute atomic E-state index is 12.6. The van der Waals surface area contributed by atoms with E-state index >= 15 is 0 Å². The zero-order valence-corrected chi connectivity index (χ0v) is 13.2. The van der Waals surface area contributed by atoms with Crippen LogP contribution in [0.15, 0.2) is 48.7 Å². The molecule has 3 aromatic rings. The van der Waals surface area contributed by atoms with Gasteiger partial charge < -0.3 is 10.3 Å². The number of fused-ring (bicyclic) bond motifs is 1. The van der Waals surface area contributed by atoms with Crippen LogP contribution in [0.25, 0.3) is 17.0 Å². The quantitative estimate of drug-likeness (QED) is 0.685. The Bertz CT molecular complexity index is 958. The molecule has 0 fully saturated rings. The van der Waals surface area contributed by atoms with Crippen molar-refractivity contribution in [2.24, 2.45) is 0 Å². The Morgan fingerprint density at radius 1 is 1.20 bits per heavy atom. The first-order chi connectivity index (χ1) is 11.8. The fraction of sp³-hybridized carbons (Fsp3) is 0.111. The number of halogens is 3. The fourth-order valence-electron chi connectivity index (χ4n) is 2.39. The van der Waals surface area contributed by atoms with Crippen LogP contribution in [0.4, 0.5) is 18.9 Å². The number of rotatable bonds is 3. The van der Waals surface area contributed by atoms with E-state index in [1.807, 2.05) is 18.2 Å². The number of pyridine rings is 1. The summed E-state index contributed by atoms with van der Waals surface area (Å²) in [5.41, 5.74) is 1.28. The van der Waals surface area contributed by atoms with Crippen LogP contribution in [0.2, 0.25) is 0 Å². The minimum Gasteiger partial charge on any atom is -0.361 e. The fourth-order valence-corrected chi connectivity index (χ4v) is 2.39. The van der Waals surface area contributed by atoms with Crippen molar-refractivity contribution >= 4 is 28.6 Å². The smallest absolute Gasteiger partial charge is 0.361 e. The van der Waals surface area contributed by atoms with E-state index in [0.29, 0.717) is 11.3 Å². The molecule has 2 aromatic heterocycles. The topological polar surface area (TPSA) is 57.8 Å². The number of hydrogen-bond donors (Lipinski definition) is 2. The molecular formula is C18H14F3N3O. The second-order valence-corrected chi connectivity index (χ2v) is 5.47. The number of alkyl halides is 3. The van der Waals surface area contributed by atoms with Crippen LogP contribution < -0.4 is 5.32 Å². The zero-order chi connectivity index (χ0) is 18.0. The van der Waals surface area contributed by atoms with E-state index in [1.54, 1.807) is 12.3 Å². The summed E-state index contributed by atoms with van der Waals surface area (Å²) in [5.74, 6) is -0.380. The molecule has 0 aliphatic carbocycles. The van der Waals surface area contributed by atoms with Crippen molar-refractivity contribution in [2.75, 3.05) is 5.32 Å². The van der Waals surface area contributed by atoms with Gasteiger partial charge in [0.25, 0.3) is 0 Å². The molecule has 0 unspecified atom stereocenters. The number of hydrogen-bond acceptors (Lipinski definition) is 2. The van der Waals surface area contributed by atoms with Gasteiger partial charge in [0.2, 0.25) is 5.91 Å². The molecule has 0 atom stereocenters. The molecule has 1 aromatic carbocycles. The molecule has 2 N–H and O–H groups in total. The number of nitrogens with zero attached hydrogens (tertiary/aromatic N) is 1. The molecule has 0 spiro atoms. The van der Waals surface area contributed by atoms with Crippen LogP contribution in [0.5, 0.6) is 0 Å². The molecule has 0 saturated heterocycles. The van der Waals surface area contributed by atoms with Crippen molar-refractivity contribution < 1.29 is 18.0 Å². The summed E-state index contributed by atoms with van der Waals surface area (Å²) in [5, 5.41) is 3.67. The molecule has 3 rings (SSSR count). The summed E-state index contributed by atoms with van der Waals surface area (Å²) in [7, 11) is 0. The van der Waals surface area contributed by atoms with Crippen molar-refractivity contribution in [3.8, 4) is 0 Å². The highest BCUT2D eigenvalue weighted by Crippen LogP contribution is 2.28. The lowest BCUT2D eigenvalue weighted by Gasteiger charge is -2.08. The predicted octanol–water partition coefficient (Wildman–Crippen LogP) is 4.54. The van der Waals surface area contributed by atoms with Crippen molar-refractivity contribution in [1.29, 1.82) is 0 Å². The number of aryl methyl sites for hydroxylation is 1. The Hall–Kier alpha value is -3.09. The normalized spacial score (nSPS) is 12.0. The second kappa shape index (κ2) is 6.43. The number of benzene rings is 1. The first-order valence-electron chi connectivity index (χ1n) is 7.44. The molecule has 0 saturated carbocycles. The average molecular weight is 345 g/mol. The molecule has 7 heteroatoms. The van der Waals surface area contributed by atoms with Crippen LogP contribution in [0.3, 0.4) is 0 Å². The number of aromatic nitrogens is 2. The van der Waals surface area contributed by atoms with E-state index in [4.69, 9.17) is 0 Å². The van der Waals surface area contributed by atoms with Gasteiger partial charge in [-0.25, -0.2) is 4.98 Å². The van der Waals surface area contributed by atoms with Gasteiger partial charge in [-0.2, -0.15) is 13.2 Å². The minimum absolute atomic E-state index is 0.201. The number of H-pyrrole nitrogens is 1. The number of carbonyl (C=O) groups is 1. The van der Waals surface area contributed by atoms with Crippen LogP contribution in [-0.4, -0.2) is 15.9 Å². The molecule has 128 valence electrons. The lowest BCUT2D eigenvalue weighted by molar-refractivity contribution is -0.141. The van der Waals surface area contributed by atoms with E-state index in [-0.39, 0.29) is 11.6 Å². The highest BCUT2D eigenvalue weighted by Gasteiger charge is 2.32. The van der Waals surface area contributed by atoms with Crippen molar-refractivity contribution in [1.82, 2.24) is 9.97 Å². The summed E-state index contributed by atoms with van der Waals surface area (Å²) in [6.07, 6.45) is 0.0169. The third-order valence-corrected chi connectivity index (χ3v) is 3.65. The number of carbonyl (C=O) groups excluding carboxylic acids is 1. The van der Waals surface area contributed by atoms with Gasteiger partial charge in [-0.3, -0.25) is 4.79 Å². The Balaban J connectivity index is 1.71. The van der Waals surface area contributed by atoms with Gasteiger partial charge in [-0.1, -0.05) is 6.07 Å². The standard InChI is InChI=1S/C18H14F3N3O/c1-11-12(2-6-16(23-11)18(19,20)21)3-7-17(25)24-14-4-5-15-13(10-14)8-9-22-15/h2-10,22H,1H3,(H,24,25). The maximum atomic E-state index is 12.6. The average Bonchev–Trinajstić information content (AvgIpc) is 3.00. The molecule has 0 bridgehead atoms. The third kappa shape index (κ3) is 3.88. The zero-order valence-electron chi connectivity index (χ0n) is 13.2. The van der Waals surface area contributed by atoms with E-state index in [9.17, 15) is 18.0 Å². The van der Waals surface area contributed by atoms with Gasteiger partial charge in [0.15, 0.2) is 0 Å². The maximum Gasteiger partial charge on any atom is 0.433 e. The number of nitrogens with one attached hydrogen (secondary N) is 2. The Morgan fingerprint density at radius 3 is 2.72 bits per heavy atom. The number of aromatic amines is 1. The van der Waals surface area contributed by atoms with E-state index < -0.39 is 11.9 Å². The first-order valence-corrected chi connectivity index (χ1v) is 7.44. The van der Waals surface area contributed by atoms with E-state index in [1.165, 1.54) is 25.1 Å². The lowest BCUT2D eigenvalue weighted by atomic mass is 10.1. The van der Waals surface area contributed by atoms with Gasteiger partial charge in [-0.05, 0) is 48.9 Å². The van der Waals surface area contributed by atoms with Crippen molar-refractivity contribution in [3.63, 3.8) is 0 Å². The highest BCUT2D eigenvalue weighted by molar-refractivity contribution is 6.03. The largest absolute Gasteiger partial charge is 0.433 e. The highest BCUT2D eigenvalue weighted by atomic mass is 19.4. The van der Waals surface area contributed by atoms with Gasteiger partial charge in [0, 0.05) is 34.6 Å². The van der Waals surface area contributed by atoms with Crippen molar-refractivity contribution in [2.45, 2.75) is 13.1 Å². The second-order valence-electron chi connectivity index (χ2n) is 5.47. The van der Waals surface area contributed by atoms with Crippen LogP contribution in [0, 0.1) is 6.92 Å². The number of anilines is 1. The minimum atomic E-state index is -4.48. The molecule has 0 radical (unpaired) electrons. The van der Waals surface area contributed by atoms with Gasteiger partial charge >= 0.3 is 6.18 Å². The molecule has 0 aliphatic heterocycles. The summed E-state index contributed by atoms with van der Waals surface area (Å²) < 4.78 is 37.8. The molecule has 4 nitrogen and oxygen atoms in total. The van der Waals surface area contributed by atoms with Gasteiger partial charge in [-0.15, -0.1) is 0 Å². The van der Waals surface area contributed by atoms with Crippen LogP contribution >= 0.6 is 0 Å².